The summed E-state index contributed by atoms with van der Waals surface area (Å²) < 4.78 is 1.56. The zero-order chi connectivity index (χ0) is 18.1. The summed E-state index contributed by atoms with van der Waals surface area (Å²) in [5.41, 5.74) is 2.63. The number of carbonyl (C=O) groups is 1. The molecule has 1 aliphatic heterocycles. The number of halogens is 1. The van der Waals surface area contributed by atoms with Crippen LogP contribution in [0.1, 0.15) is 18.5 Å². The van der Waals surface area contributed by atoms with Gasteiger partial charge in [0.2, 0.25) is 5.95 Å². The second kappa shape index (κ2) is 6.61. The monoisotopic (exact) mass is 366 g/mol. The van der Waals surface area contributed by atoms with Crippen molar-refractivity contribution in [3.05, 3.63) is 76.5 Å². The van der Waals surface area contributed by atoms with Crippen LogP contribution in [0.15, 0.2) is 65.9 Å². The number of hydrogen-bond acceptors (Lipinski definition) is 5. The molecule has 2 heterocycles. The number of amides is 1. The van der Waals surface area contributed by atoms with Crippen LogP contribution >= 0.6 is 11.6 Å². The summed E-state index contributed by atoms with van der Waals surface area (Å²) in [7, 11) is 0. The third-order valence-corrected chi connectivity index (χ3v) is 4.53. The standard InChI is InChI=1S/C18H15ClN6O/c1-11-15(17(26)21-12-7-3-2-4-8-12)16(13-9-5-6-10-14(13)19)25-18(20-11)22-23-24-25/h2-10,16H,1H3,(H,21,26)(H,20,22,24)/t16-/m0/s1. The van der Waals surface area contributed by atoms with E-state index in [1.165, 1.54) is 0 Å². The Morgan fingerprint density at radius 2 is 1.88 bits per heavy atom. The number of fused-ring (bicyclic) bond motifs is 1. The minimum Gasteiger partial charge on any atom is -0.326 e. The van der Waals surface area contributed by atoms with E-state index in [1.54, 1.807) is 10.7 Å². The highest BCUT2D eigenvalue weighted by molar-refractivity contribution is 6.31. The summed E-state index contributed by atoms with van der Waals surface area (Å²) in [4.78, 5) is 13.1. The molecule has 2 N–H and O–H groups in total. The van der Waals surface area contributed by atoms with Crippen molar-refractivity contribution in [1.29, 1.82) is 0 Å². The normalized spacial score (nSPS) is 16.0. The predicted molar refractivity (Wildman–Crippen MR) is 98.8 cm³/mol. The Balaban J connectivity index is 1.80. The third kappa shape index (κ3) is 2.82. The van der Waals surface area contributed by atoms with Crippen LogP contribution in [0, 0.1) is 0 Å². The Labute approximate surface area is 154 Å². The van der Waals surface area contributed by atoms with Gasteiger partial charge in [0.05, 0.1) is 5.57 Å². The van der Waals surface area contributed by atoms with Crippen LogP contribution in [0.5, 0.6) is 0 Å². The lowest BCUT2D eigenvalue weighted by Gasteiger charge is -2.28. The van der Waals surface area contributed by atoms with E-state index < -0.39 is 6.04 Å². The molecular weight excluding hydrogens is 352 g/mol. The van der Waals surface area contributed by atoms with Crippen LogP contribution < -0.4 is 10.6 Å². The number of aromatic nitrogens is 4. The van der Waals surface area contributed by atoms with Gasteiger partial charge in [-0.3, -0.25) is 4.79 Å². The minimum atomic E-state index is -0.529. The van der Waals surface area contributed by atoms with Gasteiger partial charge < -0.3 is 10.6 Å². The molecule has 0 bridgehead atoms. The van der Waals surface area contributed by atoms with Crippen molar-refractivity contribution in [3.63, 3.8) is 0 Å². The first-order valence-corrected chi connectivity index (χ1v) is 8.39. The lowest BCUT2D eigenvalue weighted by Crippen LogP contribution is -2.31. The second-order valence-electron chi connectivity index (χ2n) is 5.85. The highest BCUT2D eigenvalue weighted by atomic mass is 35.5. The number of nitrogens with one attached hydrogen (secondary N) is 2. The lowest BCUT2D eigenvalue weighted by atomic mass is 9.95. The molecule has 0 saturated heterocycles. The van der Waals surface area contributed by atoms with Crippen LogP contribution in [0.3, 0.4) is 0 Å². The van der Waals surface area contributed by atoms with Crippen LogP contribution in [-0.4, -0.2) is 26.1 Å². The molecule has 1 aliphatic rings. The van der Waals surface area contributed by atoms with Gasteiger partial charge in [0.25, 0.3) is 5.91 Å². The minimum absolute atomic E-state index is 0.243. The summed E-state index contributed by atoms with van der Waals surface area (Å²) >= 11 is 6.41. The third-order valence-electron chi connectivity index (χ3n) is 4.19. The van der Waals surface area contributed by atoms with Gasteiger partial charge in [0.15, 0.2) is 0 Å². The Bertz CT molecular complexity index is 998. The van der Waals surface area contributed by atoms with E-state index in [0.717, 1.165) is 5.56 Å². The van der Waals surface area contributed by atoms with E-state index in [1.807, 2.05) is 55.5 Å². The Kier molecular flexibility index (Phi) is 4.14. The van der Waals surface area contributed by atoms with Crippen molar-refractivity contribution < 1.29 is 4.79 Å². The van der Waals surface area contributed by atoms with Crippen molar-refractivity contribution in [2.75, 3.05) is 10.6 Å². The van der Waals surface area contributed by atoms with Crippen molar-refractivity contribution in [2.24, 2.45) is 0 Å². The maximum absolute atomic E-state index is 13.1. The zero-order valence-electron chi connectivity index (χ0n) is 13.8. The molecule has 0 unspecified atom stereocenters. The quantitative estimate of drug-likeness (QED) is 0.743. The SMILES string of the molecule is CC1=C(C(=O)Nc2ccccc2)[C@H](c2ccccc2Cl)n2nnnc2N1. The molecule has 0 aliphatic carbocycles. The second-order valence-corrected chi connectivity index (χ2v) is 6.26. The Hall–Kier alpha value is -3.19. The molecule has 130 valence electrons. The average molecular weight is 367 g/mol. The number of benzene rings is 2. The van der Waals surface area contributed by atoms with E-state index in [9.17, 15) is 4.79 Å². The number of hydrogen-bond donors (Lipinski definition) is 2. The summed E-state index contributed by atoms with van der Waals surface area (Å²) in [6.45, 7) is 1.82. The molecule has 26 heavy (non-hydrogen) atoms. The molecule has 7 nitrogen and oxygen atoms in total. The number of rotatable bonds is 3. The van der Waals surface area contributed by atoms with Crippen molar-refractivity contribution in [3.8, 4) is 0 Å². The molecular formula is C18H15ClN6O. The largest absolute Gasteiger partial charge is 0.326 e. The fourth-order valence-corrected chi connectivity index (χ4v) is 3.25. The molecule has 8 heteroatoms. The number of para-hydroxylation sites is 1. The van der Waals surface area contributed by atoms with Crippen molar-refractivity contribution in [1.82, 2.24) is 20.2 Å². The lowest BCUT2D eigenvalue weighted by molar-refractivity contribution is -0.113. The number of allylic oxidation sites excluding steroid dienone is 1. The molecule has 0 radical (unpaired) electrons. The maximum atomic E-state index is 13.1. The molecule has 0 spiro atoms. The summed E-state index contributed by atoms with van der Waals surface area (Å²) in [6.07, 6.45) is 0. The van der Waals surface area contributed by atoms with Crippen LogP contribution in [-0.2, 0) is 4.79 Å². The van der Waals surface area contributed by atoms with Gasteiger partial charge in [-0.1, -0.05) is 53.1 Å². The smallest absolute Gasteiger partial charge is 0.255 e. The van der Waals surface area contributed by atoms with Crippen LogP contribution in [0.2, 0.25) is 5.02 Å². The molecule has 3 aromatic rings. The van der Waals surface area contributed by atoms with Gasteiger partial charge in [-0.05, 0) is 35.5 Å². The average Bonchev–Trinajstić information content (AvgIpc) is 3.10. The zero-order valence-corrected chi connectivity index (χ0v) is 14.6. The van der Waals surface area contributed by atoms with E-state index in [-0.39, 0.29) is 5.91 Å². The van der Waals surface area contributed by atoms with Gasteiger partial charge in [0, 0.05) is 22.0 Å². The maximum Gasteiger partial charge on any atom is 0.255 e. The number of nitrogens with zero attached hydrogens (tertiary/aromatic N) is 4. The van der Waals surface area contributed by atoms with Gasteiger partial charge in [0.1, 0.15) is 6.04 Å². The number of anilines is 2. The Morgan fingerprint density at radius 1 is 1.15 bits per heavy atom. The van der Waals surface area contributed by atoms with Crippen molar-refractivity contribution >= 4 is 29.1 Å². The highest BCUT2D eigenvalue weighted by Gasteiger charge is 2.35. The summed E-state index contributed by atoms with van der Waals surface area (Å²) in [5.74, 6) is 0.218. The van der Waals surface area contributed by atoms with Crippen molar-refractivity contribution in [2.45, 2.75) is 13.0 Å². The van der Waals surface area contributed by atoms with Gasteiger partial charge in [-0.25, -0.2) is 0 Å². The van der Waals surface area contributed by atoms with E-state index in [4.69, 9.17) is 11.6 Å². The van der Waals surface area contributed by atoms with Crippen LogP contribution in [0.4, 0.5) is 11.6 Å². The molecule has 2 aromatic carbocycles. The first-order chi connectivity index (χ1) is 12.6. The molecule has 1 atom stereocenters. The van der Waals surface area contributed by atoms with E-state index in [0.29, 0.717) is 27.9 Å². The fraction of sp³-hybridized carbons (Fsp3) is 0.111. The molecule has 0 fully saturated rings. The molecule has 1 aromatic heterocycles. The van der Waals surface area contributed by atoms with Crippen LogP contribution in [0.25, 0.3) is 0 Å². The molecule has 0 saturated carbocycles. The Morgan fingerprint density at radius 3 is 2.65 bits per heavy atom. The van der Waals surface area contributed by atoms with Gasteiger partial charge in [-0.2, -0.15) is 4.68 Å². The molecule has 1 amide bonds. The first kappa shape index (κ1) is 16.3. The van der Waals surface area contributed by atoms with E-state index in [2.05, 4.69) is 26.2 Å². The highest BCUT2D eigenvalue weighted by Crippen LogP contribution is 2.37. The predicted octanol–water partition coefficient (Wildman–Crippen LogP) is 3.25. The van der Waals surface area contributed by atoms with Gasteiger partial charge >= 0.3 is 0 Å². The first-order valence-electron chi connectivity index (χ1n) is 8.01. The fourth-order valence-electron chi connectivity index (χ4n) is 3.01. The number of tetrazole rings is 1. The van der Waals surface area contributed by atoms with Gasteiger partial charge in [-0.15, -0.1) is 0 Å². The molecule has 4 rings (SSSR count). The summed E-state index contributed by atoms with van der Waals surface area (Å²) in [5, 5.41) is 18.3. The number of carbonyl (C=O) groups excluding carboxylic acids is 1. The van der Waals surface area contributed by atoms with E-state index >= 15 is 0 Å². The summed E-state index contributed by atoms with van der Waals surface area (Å²) in [6, 6.07) is 16.1. The topological polar surface area (TPSA) is 84.7 Å².